The fourth-order valence-electron chi connectivity index (χ4n) is 2.37. The van der Waals surface area contributed by atoms with Gasteiger partial charge in [-0.25, -0.2) is 0 Å². The summed E-state index contributed by atoms with van der Waals surface area (Å²) in [5, 5.41) is 12.9. The third-order valence-electron chi connectivity index (χ3n) is 3.67. The van der Waals surface area contributed by atoms with E-state index in [-0.39, 0.29) is 12.4 Å². The number of aromatic nitrogens is 1. The molecule has 2 heterocycles. The van der Waals surface area contributed by atoms with Crippen LogP contribution >= 0.6 is 0 Å². The molecule has 0 aliphatic heterocycles. The lowest BCUT2D eigenvalue weighted by Crippen LogP contribution is -3.00. The van der Waals surface area contributed by atoms with E-state index in [1.54, 1.807) is 13.1 Å². The molecular weight excluding hydrogens is 324 g/mol. The SMILES string of the molecule is CC(O)c1ccc(-c2ccc(CNCc3ccccn3)o2)cc1.[Cl-]. The maximum absolute atomic E-state index is 9.54. The lowest BCUT2D eigenvalue weighted by Gasteiger charge is -2.05. The van der Waals surface area contributed by atoms with Gasteiger partial charge in [-0.3, -0.25) is 4.98 Å². The van der Waals surface area contributed by atoms with Gasteiger partial charge in [-0.2, -0.15) is 0 Å². The van der Waals surface area contributed by atoms with Crippen molar-refractivity contribution in [3.05, 3.63) is 77.8 Å². The van der Waals surface area contributed by atoms with Crippen LogP contribution in [0.25, 0.3) is 11.3 Å². The molecule has 0 saturated carbocycles. The summed E-state index contributed by atoms with van der Waals surface area (Å²) >= 11 is 0. The van der Waals surface area contributed by atoms with Crippen molar-refractivity contribution in [3.8, 4) is 11.3 Å². The Balaban J connectivity index is 0.00000208. The van der Waals surface area contributed by atoms with Crippen molar-refractivity contribution in [1.29, 1.82) is 0 Å². The molecule has 5 heteroatoms. The first-order valence-electron chi connectivity index (χ1n) is 7.70. The van der Waals surface area contributed by atoms with Gasteiger partial charge in [0, 0.05) is 18.3 Å². The fourth-order valence-corrected chi connectivity index (χ4v) is 2.37. The predicted octanol–water partition coefficient (Wildman–Crippen LogP) is 0.689. The number of rotatable bonds is 6. The normalized spacial score (nSPS) is 11.8. The highest BCUT2D eigenvalue weighted by Crippen LogP contribution is 2.24. The molecule has 0 amide bonds. The number of nitrogens with zero attached hydrogens (tertiary/aromatic N) is 1. The fraction of sp³-hybridized carbons (Fsp3) is 0.211. The van der Waals surface area contributed by atoms with Gasteiger partial charge in [0.05, 0.1) is 18.3 Å². The minimum absolute atomic E-state index is 0. The molecule has 1 atom stereocenters. The summed E-state index contributed by atoms with van der Waals surface area (Å²) in [4.78, 5) is 4.27. The van der Waals surface area contributed by atoms with Crippen LogP contribution in [0, 0.1) is 0 Å². The molecule has 0 saturated heterocycles. The quantitative estimate of drug-likeness (QED) is 0.691. The Labute approximate surface area is 148 Å². The second-order valence-corrected chi connectivity index (χ2v) is 5.49. The molecule has 24 heavy (non-hydrogen) atoms. The lowest BCUT2D eigenvalue weighted by atomic mass is 10.1. The van der Waals surface area contributed by atoms with Gasteiger partial charge in [0.25, 0.3) is 0 Å². The van der Waals surface area contributed by atoms with Crippen molar-refractivity contribution in [1.82, 2.24) is 10.3 Å². The van der Waals surface area contributed by atoms with Crippen LogP contribution in [0.4, 0.5) is 0 Å². The highest BCUT2D eigenvalue weighted by molar-refractivity contribution is 5.58. The third kappa shape index (κ3) is 4.68. The maximum Gasteiger partial charge on any atom is 0.134 e. The number of hydrogen-bond donors (Lipinski definition) is 2. The van der Waals surface area contributed by atoms with Crippen LogP contribution in [-0.2, 0) is 13.1 Å². The topological polar surface area (TPSA) is 58.3 Å². The van der Waals surface area contributed by atoms with E-state index in [0.717, 1.165) is 28.3 Å². The molecule has 3 aromatic rings. The molecule has 1 aromatic carbocycles. The first kappa shape index (κ1) is 18.2. The minimum Gasteiger partial charge on any atom is -1.00 e. The van der Waals surface area contributed by atoms with E-state index in [4.69, 9.17) is 4.42 Å². The van der Waals surface area contributed by atoms with Gasteiger partial charge in [-0.05, 0) is 36.8 Å². The highest BCUT2D eigenvalue weighted by Gasteiger charge is 2.06. The average Bonchev–Trinajstić information content (AvgIpc) is 3.05. The Hall–Kier alpha value is -2.14. The van der Waals surface area contributed by atoms with Gasteiger partial charge in [-0.15, -0.1) is 0 Å². The number of furan rings is 1. The van der Waals surface area contributed by atoms with E-state index in [1.165, 1.54) is 0 Å². The van der Waals surface area contributed by atoms with E-state index >= 15 is 0 Å². The second kappa shape index (κ2) is 8.64. The third-order valence-corrected chi connectivity index (χ3v) is 3.67. The first-order valence-corrected chi connectivity index (χ1v) is 7.70. The molecule has 4 nitrogen and oxygen atoms in total. The van der Waals surface area contributed by atoms with Crippen LogP contribution in [0.1, 0.15) is 30.0 Å². The van der Waals surface area contributed by atoms with Crippen LogP contribution in [0.5, 0.6) is 0 Å². The van der Waals surface area contributed by atoms with Crippen molar-refractivity contribution in [2.75, 3.05) is 0 Å². The largest absolute Gasteiger partial charge is 1.00 e. The van der Waals surface area contributed by atoms with E-state index in [0.29, 0.717) is 13.1 Å². The van der Waals surface area contributed by atoms with E-state index < -0.39 is 6.10 Å². The second-order valence-electron chi connectivity index (χ2n) is 5.49. The standard InChI is InChI=1S/C19H20N2O2.ClH/c1-14(22)15-5-7-16(8-6-15)19-10-9-18(23-19)13-20-12-17-4-2-3-11-21-17;/h2-11,14,20,22H,12-13H2,1H3;1H/p-1. The van der Waals surface area contributed by atoms with Crippen molar-refractivity contribution in [2.45, 2.75) is 26.1 Å². The van der Waals surface area contributed by atoms with Crippen LogP contribution < -0.4 is 17.7 Å². The van der Waals surface area contributed by atoms with Gasteiger partial charge in [0.15, 0.2) is 0 Å². The summed E-state index contributed by atoms with van der Waals surface area (Å²) in [5.41, 5.74) is 2.91. The van der Waals surface area contributed by atoms with Gasteiger partial charge < -0.3 is 27.2 Å². The van der Waals surface area contributed by atoms with E-state index in [2.05, 4.69) is 10.3 Å². The summed E-state index contributed by atoms with van der Waals surface area (Å²) < 4.78 is 5.86. The van der Waals surface area contributed by atoms with E-state index in [9.17, 15) is 5.11 Å². The Morgan fingerprint density at radius 3 is 2.50 bits per heavy atom. The molecule has 126 valence electrons. The molecule has 0 spiro atoms. The van der Waals surface area contributed by atoms with Crippen molar-refractivity contribution in [3.63, 3.8) is 0 Å². The minimum atomic E-state index is -0.452. The summed E-state index contributed by atoms with van der Waals surface area (Å²) in [6.45, 7) is 3.12. The van der Waals surface area contributed by atoms with Gasteiger partial charge in [-0.1, -0.05) is 30.3 Å². The van der Waals surface area contributed by atoms with Crippen LogP contribution in [0.3, 0.4) is 0 Å². The molecule has 0 aliphatic rings. The number of pyridine rings is 1. The number of halogens is 1. The zero-order valence-corrected chi connectivity index (χ0v) is 14.2. The molecule has 0 radical (unpaired) electrons. The maximum atomic E-state index is 9.54. The molecule has 1 unspecified atom stereocenters. The molecule has 2 aromatic heterocycles. The first-order chi connectivity index (χ1) is 11.2. The van der Waals surface area contributed by atoms with Crippen molar-refractivity contribution >= 4 is 0 Å². The van der Waals surface area contributed by atoms with Crippen molar-refractivity contribution < 1.29 is 21.9 Å². The smallest absolute Gasteiger partial charge is 0.134 e. The molecular formula is C19H20ClN2O2-. The Morgan fingerprint density at radius 2 is 1.83 bits per heavy atom. The Kier molecular flexibility index (Phi) is 6.55. The summed E-state index contributed by atoms with van der Waals surface area (Å²) in [5.74, 6) is 1.72. The van der Waals surface area contributed by atoms with Crippen LogP contribution in [0.15, 0.2) is 65.2 Å². The Morgan fingerprint density at radius 1 is 1.04 bits per heavy atom. The number of benzene rings is 1. The summed E-state index contributed by atoms with van der Waals surface area (Å²) in [6, 6.07) is 17.6. The number of aliphatic hydroxyl groups is 1. The average molecular weight is 344 g/mol. The zero-order chi connectivity index (χ0) is 16.1. The molecule has 2 N–H and O–H groups in total. The summed E-state index contributed by atoms with van der Waals surface area (Å²) in [7, 11) is 0. The lowest BCUT2D eigenvalue weighted by molar-refractivity contribution is -0.00000725. The molecule has 3 rings (SSSR count). The zero-order valence-electron chi connectivity index (χ0n) is 13.4. The predicted molar refractivity (Wildman–Crippen MR) is 89.6 cm³/mol. The number of hydrogen-bond acceptors (Lipinski definition) is 4. The van der Waals surface area contributed by atoms with Crippen molar-refractivity contribution in [2.24, 2.45) is 0 Å². The summed E-state index contributed by atoms with van der Waals surface area (Å²) in [6.07, 6.45) is 1.34. The number of aliphatic hydroxyl groups excluding tert-OH is 1. The van der Waals surface area contributed by atoms with Crippen LogP contribution in [-0.4, -0.2) is 10.1 Å². The van der Waals surface area contributed by atoms with Gasteiger partial charge in [0.2, 0.25) is 0 Å². The molecule has 0 bridgehead atoms. The van der Waals surface area contributed by atoms with Crippen LogP contribution in [0.2, 0.25) is 0 Å². The Bertz CT molecular complexity index is 740. The number of nitrogens with one attached hydrogen (secondary N) is 1. The van der Waals surface area contributed by atoms with E-state index in [1.807, 2.05) is 54.6 Å². The molecule has 0 aliphatic carbocycles. The molecule has 0 fully saturated rings. The monoisotopic (exact) mass is 343 g/mol. The van der Waals surface area contributed by atoms with Gasteiger partial charge >= 0.3 is 0 Å². The van der Waals surface area contributed by atoms with Gasteiger partial charge in [0.1, 0.15) is 11.5 Å². The highest BCUT2D eigenvalue weighted by atomic mass is 35.5.